The smallest absolute Gasteiger partial charge is 0.225 e. The maximum atomic E-state index is 4.73. The van der Waals surface area contributed by atoms with Gasteiger partial charge in [0.15, 0.2) is 0 Å². The molecule has 0 spiro atoms. The van der Waals surface area contributed by atoms with Gasteiger partial charge in [0, 0.05) is 50.2 Å². The number of benzene rings is 1. The molecule has 0 amide bonds. The molecule has 5 heteroatoms. The van der Waals surface area contributed by atoms with Crippen molar-refractivity contribution in [3.8, 4) is 0 Å². The van der Waals surface area contributed by atoms with Crippen molar-refractivity contribution in [3.05, 3.63) is 54.5 Å². The van der Waals surface area contributed by atoms with Crippen molar-refractivity contribution < 1.29 is 0 Å². The first-order chi connectivity index (χ1) is 12.8. The zero-order valence-electron chi connectivity index (χ0n) is 15.3. The van der Waals surface area contributed by atoms with Crippen LogP contribution in [-0.2, 0) is 6.42 Å². The molecular weight excluding hydrogens is 322 g/mol. The van der Waals surface area contributed by atoms with Crippen LogP contribution in [0.3, 0.4) is 0 Å². The van der Waals surface area contributed by atoms with Gasteiger partial charge < -0.3 is 9.80 Å². The Bertz CT molecular complexity index is 857. The Hall–Kier alpha value is -2.69. The van der Waals surface area contributed by atoms with E-state index in [1.165, 1.54) is 29.2 Å². The Morgan fingerprint density at radius 1 is 0.885 bits per heavy atom. The van der Waals surface area contributed by atoms with Gasteiger partial charge in [-0.2, -0.15) is 0 Å². The van der Waals surface area contributed by atoms with E-state index in [-0.39, 0.29) is 0 Å². The van der Waals surface area contributed by atoms with Crippen LogP contribution in [0.25, 0.3) is 10.8 Å². The highest BCUT2D eigenvalue weighted by Gasteiger charge is 2.21. The van der Waals surface area contributed by atoms with Gasteiger partial charge in [-0.15, -0.1) is 0 Å². The molecule has 0 bridgehead atoms. The largest absolute Gasteiger partial charge is 0.353 e. The average Bonchev–Trinajstić information content (AvgIpc) is 2.72. The normalized spacial score (nSPS) is 14.8. The molecule has 0 saturated carbocycles. The summed E-state index contributed by atoms with van der Waals surface area (Å²) in [6.07, 6.45) is 9.13. The van der Waals surface area contributed by atoms with Gasteiger partial charge in [-0.3, -0.25) is 0 Å². The molecular formula is C21H25N5. The van der Waals surface area contributed by atoms with E-state index >= 15 is 0 Å². The van der Waals surface area contributed by atoms with E-state index in [4.69, 9.17) is 4.98 Å². The Labute approximate surface area is 154 Å². The van der Waals surface area contributed by atoms with E-state index in [2.05, 4.69) is 51.0 Å². The maximum Gasteiger partial charge on any atom is 0.225 e. The first-order valence-corrected chi connectivity index (χ1v) is 9.49. The predicted molar refractivity (Wildman–Crippen MR) is 107 cm³/mol. The fraction of sp³-hybridized carbons (Fsp3) is 0.381. The van der Waals surface area contributed by atoms with E-state index in [0.29, 0.717) is 0 Å². The van der Waals surface area contributed by atoms with Crippen LogP contribution in [0.4, 0.5) is 11.8 Å². The Morgan fingerprint density at radius 3 is 2.42 bits per heavy atom. The lowest BCUT2D eigenvalue weighted by Crippen LogP contribution is -2.47. The third-order valence-corrected chi connectivity index (χ3v) is 5.04. The third-order valence-electron chi connectivity index (χ3n) is 5.04. The zero-order valence-corrected chi connectivity index (χ0v) is 15.3. The minimum Gasteiger partial charge on any atom is -0.353 e. The number of hydrogen-bond acceptors (Lipinski definition) is 5. The standard InChI is InChI=1S/C21H25N5/c1-2-3-5-17-6-7-18-8-11-22-20(19(18)16-17)25-12-14-26(15-13-25)21-23-9-4-10-24-21/h4,6-11,16H,2-3,5,12-15H2,1H3. The first kappa shape index (κ1) is 16.8. The lowest BCUT2D eigenvalue weighted by Gasteiger charge is -2.35. The molecule has 3 aromatic rings. The van der Waals surface area contributed by atoms with Crippen molar-refractivity contribution in [2.45, 2.75) is 26.2 Å². The second-order valence-electron chi connectivity index (χ2n) is 6.82. The van der Waals surface area contributed by atoms with E-state index in [1.54, 1.807) is 12.4 Å². The summed E-state index contributed by atoms with van der Waals surface area (Å²) in [6.45, 7) is 5.94. The van der Waals surface area contributed by atoms with Crippen LogP contribution in [0, 0.1) is 0 Å². The van der Waals surface area contributed by atoms with Gasteiger partial charge in [-0.1, -0.05) is 25.5 Å². The molecule has 1 aliphatic rings. The van der Waals surface area contributed by atoms with Crippen LogP contribution in [-0.4, -0.2) is 41.1 Å². The van der Waals surface area contributed by atoms with Gasteiger partial charge in [0.25, 0.3) is 0 Å². The second-order valence-corrected chi connectivity index (χ2v) is 6.82. The zero-order chi connectivity index (χ0) is 17.8. The topological polar surface area (TPSA) is 45.2 Å². The molecule has 0 aliphatic carbocycles. The second kappa shape index (κ2) is 7.68. The molecule has 0 unspecified atom stereocenters. The average molecular weight is 347 g/mol. The molecule has 3 heterocycles. The number of rotatable bonds is 5. The highest BCUT2D eigenvalue weighted by molar-refractivity contribution is 5.92. The molecule has 0 atom stereocenters. The molecule has 1 saturated heterocycles. The molecule has 1 aliphatic heterocycles. The van der Waals surface area contributed by atoms with E-state index in [1.807, 2.05) is 12.3 Å². The molecule has 0 radical (unpaired) electrons. The molecule has 0 N–H and O–H groups in total. The van der Waals surface area contributed by atoms with Crippen LogP contribution >= 0.6 is 0 Å². The molecule has 26 heavy (non-hydrogen) atoms. The monoisotopic (exact) mass is 347 g/mol. The van der Waals surface area contributed by atoms with Crippen LogP contribution in [0.2, 0.25) is 0 Å². The summed E-state index contributed by atoms with van der Waals surface area (Å²) in [5.41, 5.74) is 1.41. The quantitative estimate of drug-likeness (QED) is 0.704. The first-order valence-electron chi connectivity index (χ1n) is 9.49. The molecule has 134 valence electrons. The number of piperazine rings is 1. The van der Waals surface area contributed by atoms with Crippen molar-refractivity contribution in [2.75, 3.05) is 36.0 Å². The summed E-state index contributed by atoms with van der Waals surface area (Å²) in [7, 11) is 0. The van der Waals surface area contributed by atoms with Gasteiger partial charge in [-0.25, -0.2) is 15.0 Å². The van der Waals surface area contributed by atoms with Crippen LogP contribution < -0.4 is 9.80 Å². The highest BCUT2D eigenvalue weighted by atomic mass is 15.3. The summed E-state index contributed by atoms with van der Waals surface area (Å²) >= 11 is 0. The van der Waals surface area contributed by atoms with Gasteiger partial charge in [0.1, 0.15) is 5.82 Å². The number of fused-ring (bicyclic) bond motifs is 1. The summed E-state index contributed by atoms with van der Waals surface area (Å²) in [5.74, 6) is 1.93. The van der Waals surface area contributed by atoms with Crippen LogP contribution in [0.15, 0.2) is 48.9 Å². The molecule has 5 nitrogen and oxygen atoms in total. The lowest BCUT2D eigenvalue weighted by atomic mass is 10.0. The van der Waals surface area contributed by atoms with Crippen LogP contribution in [0.1, 0.15) is 25.3 Å². The number of pyridine rings is 1. The van der Waals surface area contributed by atoms with Crippen molar-refractivity contribution in [1.29, 1.82) is 0 Å². The Balaban J connectivity index is 1.55. The van der Waals surface area contributed by atoms with E-state index in [9.17, 15) is 0 Å². The number of aromatic nitrogens is 3. The molecule has 1 fully saturated rings. The summed E-state index contributed by atoms with van der Waals surface area (Å²) in [4.78, 5) is 18.1. The fourth-order valence-electron chi connectivity index (χ4n) is 3.56. The third kappa shape index (κ3) is 3.47. The lowest BCUT2D eigenvalue weighted by molar-refractivity contribution is 0.636. The van der Waals surface area contributed by atoms with E-state index < -0.39 is 0 Å². The number of anilines is 2. The summed E-state index contributed by atoms with van der Waals surface area (Å²) in [5, 5.41) is 2.54. The van der Waals surface area contributed by atoms with Crippen molar-refractivity contribution in [2.24, 2.45) is 0 Å². The number of hydrogen-bond donors (Lipinski definition) is 0. The molecule has 1 aromatic carbocycles. The van der Waals surface area contributed by atoms with E-state index in [0.717, 1.165) is 44.4 Å². The molecule has 2 aromatic heterocycles. The van der Waals surface area contributed by atoms with Gasteiger partial charge in [0.2, 0.25) is 5.95 Å². The number of unbranched alkanes of at least 4 members (excludes halogenated alkanes) is 1. The molecule has 4 rings (SSSR count). The number of nitrogens with zero attached hydrogens (tertiary/aromatic N) is 5. The van der Waals surface area contributed by atoms with Crippen molar-refractivity contribution >= 4 is 22.5 Å². The Morgan fingerprint density at radius 2 is 1.65 bits per heavy atom. The van der Waals surface area contributed by atoms with Gasteiger partial charge in [-0.05, 0) is 42.0 Å². The van der Waals surface area contributed by atoms with Gasteiger partial charge >= 0.3 is 0 Å². The minimum atomic E-state index is 0.819. The fourth-order valence-corrected chi connectivity index (χ4v) is 3.56. The summed E-state index contributed by atoms with van der Waals surface area (Å²) in [6, 6.07) is 10.8. The number of aryl methyl sites for hydroxylation is 1. The van der Waals surface area contributed by atoms with Gasteiger partial charge in [0.05, 0.1) is 0 Å². The highest BCUT2D eigenvalue weighted by Crippen LogP contribution is 2.27. The Kier molecular flexibility index (Phi) is 4.95. The predicted octanol–water partition coefficient (Wildman–Crippen LogP) is 3.69. The van der Waals surface area contributed by atoms with Crippen molar-refractivity contribution in [3.63, 3.8) is 0 Å². The maximum absolute atomic E-state index is 4.73. The summed E-state index contributed by atoms with van der Waals surface area (Å²) < 4.78 is 0. The van der Waals surface area contributed by atoms with Crippen molar-refractivity contribution in [1.82, 2.24) is 15.0 Å². The SMILES string of the molecule is CCCCc1ccc2ccnc(N3CCN(c4ncccn4)CC3)c2c1. The van der Waals surface area contributed by atoms with Crippen LogP contribution in [0.5, 0.6) is 0 Å². The minimum absolute atomic E-state index is 0.819.